The van der Waals surface area contributed by atoms with Crippen molar-refractivity contribution in [3.63, 3.8) is 0 Å². The van der Waals surface area contributed by atoms with Crippen molar-refractivity contribution in [2.75, 3.05) is 13.2 Å². The SMILES string of the molecule is C=CCO[C@H]1[C@H]2OC(C)(C)O[C@H]2O[C@@H]1COC(c1ccccc1)(c1ccccc1)c1ccccc1. The molecule has 2 aliphatic heterocycles. The first-order valence-electron chi connectivity index (χ1n) is 12.1. The van der Waals surface area contributed by atoms with E-state index in [1.165, 1.54) is 0 Å². The van der Waals surface area contributed by atoms with E-state index in [2.05, 4.69) is 43.0 Å². The van der Waals surface area contributed by atoms with Gasteiger partial charge in [0.25, 0.3) is 0 Å². The number of rotatable bonds is 9. The second kappa shape index (κ2) is 10.1. The van der Waals surface area contributed by atoms with Gasteiger partial charge < -0.3 is 23.7 Å². The molecule has 0 N–H and O–H groups in total. The van der Waals surface area contributed by atoms with Crippen molar-refractivity contribution in [2.45, 2.75) is 49.8 Å². The summed E-state index contributed by atoms with van der Waals surface area (Å²) in [6.07, 6.45) is 0.163. The van der Waals surface area contributed by atoms with Gasteiger partial charge in [-0.15, -0.1) is 6.58 Å². The Labute approximate surface area is 207 Å². The van der Waals surface area contributed by atoms with Crippen LogP contribution in [-0.2, 0) is 29.3 Å². The van der Waals surface area contributed by atoms with E-state index in [-0.39, 0.29) is 24.9 Å². The Morgan fingerprint density at radius 1 is 0.829 bits per heavy atom. The molecular weight excluding hydrogens is 440 g/mol. The summed E-state index contributed by atoms with van der Waals surface area (Å²) < 4.78 is 31.5. The Kier molecular flexibility index (Phi) is 6.87. The van der Waals surface area contributed by atoms with Crippen LogP contribution in [0.5, 0.6) is 0 Å². The zero-order chi connectivity index (χ0) is 24.3. The van der Waals surface area contributed by atoms with Crippen LogP contribution < -0.4 is 0 Å². The molecule has 35 heavy (non-hydrogen) atoms. The fourth-order valence-corrected chi connectivity index (χ4v) is 5.04. The lowest BCUT2D eigenvalue weighted by molar-refractivity contribution is -0.226. The van der Waals surface area contributed by atoms with Crippen LogP contribution in [0.25, 0.3) is 0 Å². The van der Waals surface area contributed by atoms with Gasteiger partial charge in [0.15, 0.2) is 12.1 Å². The van der Waals surface area contributed by atoms with E-state index in [9.17, 15) is 0 Å². The summed E-state index contributed by atoms with van der Waals surface area (Å²) in [5.41, 5.74) is 2.27. The molecule has 5 nitrogen and oxygen atoms in total. The fraction of sp³-hybridized carbons (Fsp3) is 0.333. The van der Waals surface area contributed by atoms with Crippen LogP contribution in [-0.4, -0.2) is 43.6 Å². The van der Waals surface area contributed by atoms with E-state index in [0.717, 1.165) is 16.7 Å². The molecule has 0 radical (unpaired) electrons. The van der Waals surface area contributed by atoms with E-state index in [1.807, 2.05) is 68.4 Å². The monoisotopic (exact) mass is 472 g/mol. The molecule has 4 atom stereocenters. The summed E-state index contributed by atoms with van der Waals surface area (Å²) in [7, 11) is 0. The van der Waals surface area contributed by atoms with E-state index in [1.54, 1.807) is 6.08 Å². The lowest BCUT2D eigenvalue weighted by Crippen LogP contribution is -2.42. The summed E-state index contributed by atoms with van der Waals surface area (Å²) in [6, 6.07) is 30.9. The molecule has 5 rings (SSSR count). The Morgan fingerprint density at radius 3 is 1.83 bits per heavy atom. The van der Waals surface area contributed by atoms with E-state index >= 15 is 0 Å². The van der Waals surface area contributed by atoms with Crippen molar-refractivity contribution in [3.8, 4) is 0 Å². The number of hydrogen-bond acceptors (Lipinski definition) is 5. The largest absolute Gasteiger partial charge is 0.368 e. The van der Waals surface area contributed by atoms with Crippen molar-refractivity contribution in [3.05, 3.63) is 120 Å². The first kappa shape index (κ1) is 23.9. The molecule has 5 heteroatoms. The molecule has 0 amide bonds. The summed E-state index contributed by atoms with van der Waals surface area (Å²) in [5, 5.41) is 0. The quantitative estimate of drug-likeness (QED) is 0.306. The van der Waals surface area contributed by atoms with Crippen LogP contribution in [0.2, 0.25) is 0 Å². The average molecular weight is 473 g/mol. The Hall–Kier alpha value is -2.80. The van der Waals surface area contributed by atoms with Crippen molar-refractivity contribution in [1.82, 2.24) is 0 Å². The third-order valence-electron chi connectivity index (χ3n) is 6.50. The molecule has 2 saturated heterocycles. The number of benzene rings is 3. The minimum Gasteiger partial charge on any atom is -0.368 e. The van der Waals surface area contributed by atoms with Crippen LogP contribution in [0.3, 0.4) is 0 Å². The first-order chi connectivity index (χ1) is 17.0. The average Bonchev–Trinajstić information content (AvgIpc) is 3.36. The Morgan fingerprint density at radius 2 is 1.34 bits per heavy atom. The van der Waals surface area contributed by atoms with Crippen LogP contribution in [0.15, 0.2) is 104 Å². The number of fused-ring (bicyclic) bond motifs is 1. The minimum absolute atomic E-state index is 0.278. The molecular formula is C30H32O5. The van der Waals surface area contributed by atoms with Crippen LogP contribution in [0.1, 0.15) is 30.5 Å². The van der Waals surface area contributed by atoms with E-state index in [4.69, 9.17) is 23.7 Å². The van der Waals surface area contributed by atoms with Crippen molar-refractivity contribution >= 4 is 0 Å². The highest BCUT2D eigenvalue weighted by Gasteiger charge is 2.56. The molecule has 0 unspecified atom stereocenters. The molecule has 2 heterocycles. The van der Waals surface area contributed by atoms with Gasteiger partial charge in [0.2, 0.25) is 0 Å². The van der Waals surface area contributed by atoms with Gasteiger partial charge in [0, 0.05) is 0 Å². The predicted octanol–water partition coefficient (Wildman–Crippen LogP) is 5.44. The third kappa shape index (κ3) is 4.70. The van der Waals surface area contributed by atoms with Crippen molar-refractivity contribution in [1.29, 1.82) is 0 Å². The molecule has 0 aromatic heterocycles. The molecule has 2 fully saturated rings. The summed E-state index contributed by atoms with van der Waals surface area (Å²) in [5.74, 6) is -0.723. The first-order valence-corrected chi connectivity index (χ1v) is 12.1. The minimum atomic E-state index is -0.838. The lowest BCUT2D eigenvalue weighted by atomic mass is 9.80. The molecule has 3 aromatic carbocycles. The van der Waals surface area contributed by atoms with E-state index < -0.39 is 17.7 Å². The Bertz CT molecular complexity index is 1000. The second-order valence-corrected chi connectivity index (χ2v) is 9.32. The van der Waals surface area contributed by atoms with E-state index in [0.29, 0.717) is 6.61 Å². The topological polar surface area (TPSA) is 46.2 Å². The van der Waals surface area contributed by atoms with Crippen molar-refractivity contribution in [2.24, 2.45) is 0 Å². The second-order valence-electron chi connectivity index (χ2n) is 9.32. The number of ether oxygens (including phenoxy) is 5. The Balaban J connectivity index is 1.52. The molecule has 0 spiro atoms. The summed E-state index contributed by atoms with van der Waals surface area (Å²) >= 11 is 0. The molecule has 0 saturated carbocycles. The van der Waals surface area contributed by atoms with Gasteiger partial charge in [0.1, 0.15) is 23.9 Å². The molecule has 3 aromatic rings. The highest BCUT2D eigenvalue weighted by molar-refractivity contribution is 5.47. The summed E-state index contributed by atoms with van der Waals surface area (Å²) in [4.78, 5) is 0. The third-order valence-corrected chi connectivity index (χ3v) is 6.50. The molecule has 0 aliphatic carbocycles. The van der Waals surface area contributed by atoms with Gasteiger partial charge in [-0.25, -0.2) is 0 Å². The van der Waals surface area contributed by atoms with Gasteiger partial charge >= 0.3 is 0 Å². The van der Waals surface area contributed by atoms with Crippen LogP contribution in [0, 0.1) is 0 Å². The van der Waals surface area contributed by atoms with Gasteiger partial charge in [0.05, 0.1) is 13.2 Å². The smallest absolute Gasteiger partial charge is 0.190 e. The molecule has 182 valence electrons. The normalized spacial score (nSPS) is 25.3. The van der Waals surface area contributed by atoms with Crippen molar-refractivity contribution < 1.29 is 23.7 Å². The standard InChI is InChI=1S/C30H32O5/c1-4-20-31-26-25(33-28-27(26)34-29(2,3)35-28)21-32-30(22-14-8-5-9-15-22,23-16-10-6-11-17-23)24-18-12-7-13-19-24/h4-19,25-28H,1,20-21H2,2-3H3/t25-,26-,27-,28-/m1/s1. The predicted molar refractivity (Wildman–Crippen MR) is 134 cm³/mol. The highest BCUT2D eigenvalue weighted by Crippen LogP contribution is 2.43. The maximum absolute atomic E-state index is 6.96. The number of hydrogen-bond donors (Lipinski definition) is 0. The molecule has 2 aliphatic rings. The van der Waals surface area contributed by atoms with Crippen LogP contribution >= 0.6 is 0 Å². The lowest BCUT2D eigenvalue weighted by Gasteiger charge is -2.37. The zero-order valence-electron chi connectivity index (χ0n) is 20.2. The summed E-state index contributed by atoms with van der Waals surface area (Å²) in [6.45, 7) is 8.23. The van der Waals surface area contributed by atoms with Gasteiger partial charge in [-0.05, 0) is 30.5 Å². The zero-order valence-corrected chi connectivity index (χ0v) is 20.2. The highest BCUT2D eigenvalue weighted by atomic mass is 16.8. The maximum atomic E-state index is 6.96. The molecule has 0 bridgehead atoms. The van der Waals surface area contributed by atoms with Gasteiger partial charge in [-0.1, -0.05) is 97.1 Å². The van der Waals surface area contributed by atoms with Gasteiger partial charge in [-0.2, -0.15) is 0 Å². The van der Waals surface area contributed by atoms with Crippen LogP contribution in [0.4, 0.5) is 0 Å². The van der Waals surface area contributed by atoms with Gasteiger partial charge in [-0.3, -0.25) is 0 Å². The fourth-order valence-electron chi connectivity index (χ4n) is 5.04. The maximum Gasteiger partial charge on any atom is 0.190 e.